The van der Waals surface area contributed by atoms with E-state index in [1.807, 2.05) is 0 Å². The van der Waals surface area contributed by atoms with E-state index in [-0.39, 0.29) is 12.3 Å². The van der Waals surface area contributed by atoms with E-state index >= 15 is 0 Å². The maximum Gasteiger partial charge on any atom is 0.308 e. The number of hydrogen-bond acceptors (Lipinski definition) is 3. The number of anilines is 1. The average molecular weight is 250 g/mol. The maximum atomic E-state index is 11.7. The summed E-state index contributed by atoms with van der Waals surface area (Å²) >= 11 is 0. The van der Waals surface area contributed by atoms with Gasteiger partial charge in [-0.05, 0) is 31.5 Å². The van der Waals surface area contributed by atoms with Gasteiger partial charge in [0.25, 0.3) is 0 Å². The van der Waals surface area contributed by atoms with E-state index in [2.05, 4.69) is 5.32 Å². The molecule has 18 heavy (non-hydrogen) atoms. The van der Waals surface area contributed by atoms with E-state index in [9.17, 15) is 9.59 Å². The number of rotatable bonds is 5. The molecule has 0 aliphatic heterocycles. The highest BCUT2D eigenvalue weighted by molar-refractivity contribution is 5.80. The van der Waals surface area contributed by atoms with Gasteiger partial charge in [0.05, 0.1) is 12.3 Å². The third kappa shape index (κ3) is 4.08. The summed E-state index contributed by atoms with van der Waals surface area (Å²) < 4.78 is 0. The van der Waals surface area contributed by atoms with Crippen LogP contribution in [-0.4, -0.2) is 23.0 Å². The fraction of sp³-hybridized carbons (Fsp3) is 0.385. The number of carbonyl (C=O) groups excluding carboxylic acids is 1. The van der Waals surface area contributed by atoms with Crippen molar-refractivity contribution in [2.24, 2.45) is 5.92 Å². The van der Waals surface area contributed by atoms with Crippen molar-refractivity contribution >= 4 is 17.6 Å². The number of benzene rings is 1. The van der Waals surface area contributed by atoms with Crippen molar-refractivity contribution in [2.75, 3.05) is 5.73 Å². The van der Waals surface area contributed by atoms with E-state index in [0.29, 0.717) is 5.69 Å². The summed E-state index contributed by atoms with van der Waals surface area (Å²) in [6.07, 6.45) is 0.219. The van der Waals surface area contributed by atoms with Crippen LogP contribution in [0.1, 0.15) is 19.4 Å². The second-order valence-corrected chi connectivity index (χ2v) is 4.40. The molecule has 2 unspecified atom stereocenters. The highest BCUT2D eigenvalue weighted by Crippen LogP contribution is 2.07. The van der Waals surface area contributed by atoms with Gasteiger partial charge in [-0.15, -0.1) is 0 Å². The zero-order valence-corrected chi connectivity index (χ0v) is 10.5. The molecule has 0 aromatic heterocycles. The van der Waals surface area contributed by atoms with Gasteiger partial charge in [0.1, 0.15) is 0 Å². The SMILES string of the molecule is CC(NC(=O)Cc1ccc(N)cc1)C(C)C(=O)O. The quantitative estimate of drug-likeness (QED) is 0.681. The molecule has 0 spiro atoms. The fourth-order valence-corrected chi connectivity index (χ4v) is 1.46. The predicted molar refractivity (Wildman–Crippen MR) is 69.0 cm³/mol. The van der Waals surface area contributed by atoms with Crippen molar-refractivity contribution < 1.29 is 14.7 Å². The third-order valence-electron chi connectivity index (χ3n) is 2.87. The van der Waals surface area contributed by atoms with Crippen LogP contribution in [0.15, 0.2) is 24.3 Å². The number of amides is 1. The monoisotopic (exact) mass is 250 g/mol. The normalized spacial score (nSPS) is 13.7. The summed E-state index contributed by atoms with van der Waals surface area (Å²) in [5.74, 6) is -1.73. The lowest BCUT2D eigenvalue weighted by Crippen LogP contribution is -2.40. The summed E-state index contributed by atoms with van der Waals surface area (Å²) in [6, 6.07) is 6.61. The zero-order valence-electron chi connectivity index (χ0n) is 10.5. The second kappa shape index (κ2) is 6.05. The molecule has 5 nitrogen and oxygen atoms in total. The third-order valence-corrected chi connectivity index (χ3v) is 2.87. The van der Waals surface area contributed by atoms with E-state index in [0.717, 1.165) is 5.56 Å². The molecule has 0 saturated carbocycles. The Morgan fingerprint density at radius 2 is 1.83 bits per heavy atom. The number of carboxylic acid groups (broad SMARTS) is 1. The topological polar surface area (TPSA) is 92.4 Å². The van der Waals surface area contributed by atoms with Crippen LogP contribution in [0.3, 0.4) is 0 Å². The molecule has 2 atom stereocenters. The van der Waals surface area contributed by atoms with Gasteiger partial charge in [0.15, 0.2) is 0 Å². The van der Waals surface area contributed by atoms with E-state index in [1.54, 1.807) is 38.1 Å². The molecule has 0 saturated heterocycles. The average Bonchev–Trinajstić information content (AvgIpc) is 2.30. The van der Waals surface area contributed by atoms with Crippen molar-refractivity contribution in [1.29, 1.82) is 0 Å². The minimum atomic E-state index is -0.921. The lowest BCUT2D eigenvalue weighted by Gasteiger charge is -2.17. The number of hydrogen-bond donors (Lipinski definition) is 3. The molecule has 98 valence electrons. The maximum absolute atomic E-state index is 11.7. The van der Waals surface area contributed by atoms with Gasteiger partial charge in [-0.1, -0.05) is 12.1 Å². The van der Waals surface area contributed by atoms with Crippen molar-refractivity contribution in [2.45, 2.75) is 26.3 Å². The Kier molecular flexibility index (Phi) is 4.71. The van der Waals surface area contributed by atoms with E-state index in [1.165, 1.54) is 0 Å². The summed E-state index contributed by atoms with van der Waals surface area (Å²) in [7, 11) is 0. The molecule has 4 N–H and O–H groups in total. The van der Waals surface area contributed by atoms with Gasteiger partial charge < -0.3 is 16.2 Å². The summed E-state index contributed by atoms with van der Waals surface area (Å²) in [5, 5.41) is 11.5. The molecule has 0 bridgehead atoms. The highest BCUT2D eigenvalue weighted by atomic mass is 16.4. The Balaban J connectivity index is 2.51. The molecule has 0 heterocycles. The Morgan fingerprint density at radius 1 is 1.28 bits per heavy atom. The number of nitrogens with two attached hydrogens (primary N) is 1. The number of carboxylic acids is 1. The lowest BCUT2D eigenvalue weighted by atomic mass is 10.0. The van der Waals surface area contributed by atoms with E-state index < -0.39 is 17.9 Å². The van der Waals surface area contributed by atoms with Gasteiger partial charge in [-0.2, -0.15) is 0 Å². The van der Waals surface area contributed by atoms with Gasteiger partial charge in [-0.25, -0.2) is 0 Å². The summed E-state index contributed by atoms with van der Waals surface area (Å²) in [6.45, 7) is 3.25. The van der Waals surface area contributed by atoms with Crippen LogP contribution in [0, 0.1) is 5.92 Å². The number of carbonyl (C=O) groups is 2. The van der Waals surface area contributed by atoms with Crippen molar-refractivity contribution in [3.05, 3.63) is 29.8 Å². The lowest BCUT2D eigenvalue weighted by molar-refractivity contribution is -0.142. The molecule has 0 radical (unpaired) electrons. The molecule has 0 aliphatic rings. The van der Waals surface area contributed by atoms with Crippen molar-refractivity contribution in [3.8, 4) is 0 Å². The molecule has 5 heteroatoms. The van der Waals surface area contributed by atoms with Crippen LogP contribution in [-0.2, 0) is 16.0 Å². The summed E-state index contributed by atoms with van der Waals surface area (Å²) in [5.41, 5.74) is 7.04. The van der Waals surface area contributed by atoms with Crippen LogP contribution in [0.4, 0.5) is 5.69 Å². The van der Waals surface area contributed by atoms with Crippen molar-refractivity contribution in [3.63, 3.8) is 0 Å². The first-order chi connectivity index (χ1) is 8.40. The molecule has 0 fully saturated rings. The molecule has 1 amide bonds. The van der Waals surface area contributed by atoms with Gasteiger partial charge >= 0.3 is 5.97 Å². The molecule has 0 aliphatic carbocycles. The minimum absolute atomic E-state index is 0.194. The predicted octanol–water partition coefficient (Wildman–Crippen LogP) is 1.04. The Bertz CT molecular complexity index is 428. The second-order valence-electron chi connectivity index (χ2n) is 4.40. The molecular formula is C13H18N2O3. The van der Waals surface area contributed by atoms with Gasteiger partial charge in [0, 0.05) is 11.7 Å². The van der Waals surface area contributed by atoms with Crippen LogP contribution < -0.4 is 11.1 Å². The first-order valence-corrected chi connectivity index (χ1v) is 5.76. The fourth-order valence-electron chi connectivity index (χ4n) is 1.46. The summed E-state index contributed by atoms with van der Waals surface area (Å²) in [4.78, 5) is 22.5. The first-order valence-electron chi connectivity index (χ1n) is 5.76. The van der Waals surface area contributed by atoms with Crippen LogP contribution in [0.2, 0.25) is 0 Å². The van der Waals surface area contributed by atoms with Crippen LogP contribution in [0.25, 0.3) is 0 Å². The minimum Gasteiger partial charge on any atom is -0.481 e. The Labute approximate surface area is 106 Å². The van der Waals surface area contributed by atoms with Crippen LogP contribution >= 0.6 is 0 Å². The standard InChI is InChI=1S/C13H18N2O3/c1-8(13(17)18)9(2)15-12(16)7-10-3-5-11(14)6-4-10/h3-6,8-9H,7,14H2,1-2H3,(H,15,16)(H,17,18). The number of nitrogens with one attached hydrogen (secondary N) is 1. The number of aliphatic carboxylic acids is 1. The van der Waals surface area contributed by atoms with Crippen molar-refractivity contribution in [1.82, 2.24) is 5.32 Å². The largest absolute Gasteiger partial charge is 0.481 e. The Morgan fingerprint density at radius 3 is 2.33 bits per heavy atom. The molecule has 1 aromatic carbocycles. The Hall–Kier alpha value is -2.04. The molecule has 1 aromatic rings. The molecular weight excluding hydrogens is 232 g/mol. The highest BCUT2D eigenvalue weighted by Gasteiger charge is 2.20. The smallest absolute Gasteiger partial charge is 0.308 e. The van der Waals surface area contributed by atoms with Gasteiger partial charge in [-0.3, -0.25) is 9.59 Å². The zero-order chi connectivity index (χ0) is 13.7. The van der Waals surface area contributed by atoms with Crippen LogP contribution in [0.5, 0.6) is 0 Å². The van der Waals surface area contributed by atoms with Gasteiger partial charge in [0.2, 0.25) is 5.91 Å². The van der Waals surface area contributed by atoms with E-state index in [4.69, 9.17) is 10.8 Å². The molecule has 1 rings (SSSR count). The first kappa shape index (κ1) is 14.0. The number of nitrogen functional groups attached to an aromatic ring is 1.